The van der Waals surface area contributed by atoms with Crippen molar-refractivity contribution in [3.05, 3.63) is 226 Å². The third-order valence-corrected chi connectivity index (χ3v) is 25.2. The van der Waals surface area contributed by atoms with Gasteiger partial charge in [-0.15, -0.1) is 69.4 Å². The Balaban J connectivity index is -0.00000174. The molecule has 0 unspecified atom stereocenters. The number of aromatic hydroxyl groups is 3. The van der Waals surface area contributed by atoms with E-state index in [0.717, 1.165) is 46.0 Å². The van der Waals surface area contributed by atoms with Gasteiger partial charge in [0.15, 0.2) is 0 Å². The summed E-state index contributed by atoms with van der Waals surface area (Å²) in [6.07, 6.45) is 0. The fourth-order valence-electron chi connectivity index (χ4n) is 11.8. The molecule has 12 aromatic carbocycles. The van der Waals surface area contributed by atoms with Crippen LogP contribution in [-0.4, -0.2) is 177 Å². The number of amides is 3. The predicted molar refractivity (Wildman–Crippen MR) is 523 cm³/mol. The summed E-state index contributed by atoms with van der Waals surface area (Å²) in [6, 6.07) is 49.4. The first-order valence-electron chi connectivity index (χ1n) is 39.8. The van der Waals surface area contributed by atoms with Crippen molar-refractivity contribution in [3.8, 4) is 17.2 Å². The molecule has 0 fully saturated rings. The van der Waals surface area contributed by atoms with Gasteiger partial charge in [-0.3, -0.25) is 14.4 Å². The maximum Gasteiger partial charge on any atom is 1.00 e. The van der Waals surface area contributed by atoms with E-state index >= 15 is 0 Å². The zero-order valence-corrected chi connectivity index (χ0v) is 104. The molecule has 0 spiro atoms. The number of phenols is 3. The van der Waals surface area contributed by atoms with Gasteiger partial charge in [0.2, 0.25) is 47.8 Å². The van der Waals surface area contributed by atoms with E-state index in [2.05, 4.69) is 110 Å². The smallest absolute Gasteiger partial charge is 0.744 e. The molecule has 49 nitrogen and oxygen atoms in total. The van der Waals surface area contributed by atoms with Crippen LogP contribution in [0.15, 0.2) is 255 Å². The minimum absolute atomic E-state index is 0. The number of fused-ring (bicyclic) bond motifs is 3. The Labute approximate surface area is 1000 Å². The van der Waals surface area contributed by atoms with Gasteiger partial charge in [-0.25, -0.2) is 64.7 Å². The Kier molecular flexibility index (Phi) is 64.7. The van der Waals surface area contributed by atoms with Crippen LogP contribution in [0.5, 0.6) is 17.2 Å². The van der Waals surface area contributed by atoms with Crippen molar-refractivity contribution in [2.24, 2.45) is 61.4 Å². The maximum atomic E-state index is 11.9. The van der Waals surface area contributed by atoms with Gasteiger partial charge in [-0.05, 0) is 195 Å². The second kappa shape index (κ2) is 66.9. The van der Waals surface area contributed by atoms with E-state index in [1.54, 1.807) is 160 Å². The number of anilines is 4. The van der Waals surface area contributed by atoms with Crippen LogP contribution in [-0.2, 0) is 107 Å². The van der Waals surface area contributed by atoms with Crippen molar-refractivity contribution in [2.75, 3.05) is 64.0 Å². The van der Waals surface area contributed by atoms with Gasteiger partial charge in [0, 0.05) is 47.6 Å². The zero-order valence-electron chi connectivity index (χ0n) is 84.6. The van der Waals surface area contributed by atoms with Crippen LogP contribution in [0.25, 0.3) is 32.3 Å². The van der Waals surface area contributed by atoms with Crippen molar-refractivity contribution in [3.63, 3.8) is 0 Å². The van der Waals surface area contributed by atoms with Gasteiger partial charge in [-0.1, -0.05) is 86.8 Å². The largest absolute Gasteiger partial charge is 1.00 e. The maximum absolute atomic E-state index is 11.9. The second-order valence-corrected chi connectivity index (χ2v) is 39.8. The zero-order chi connectivity index (χ0) is 109. The fourth-order valence-corrected chi connectivity index (χ4v) is 15.9. The van der Waals surface area contributed by atoms with Gasteiger partial charge in [0.1, 0.15) is 64.7 Å². The van der Waals surface area contributed by atoms with Crippen LogP contribution in [0.3, 0.4) is 0 Å². The van der Waals surface area contributed by atoms with Crippen molar-refractivity contribution in [1.82, 2.24) is 14.2 Å². The minimum Gasteiger partial charge on any atom is -0.744 e. The molecule has 0 radical (unpaired) electrons. The van der Waals surface area contributed by atoms with Crippen LogP contribution in [0.4, 0.5) is 73.9 Å². The van der Waals surface area contributed by atoms with Crippen molar-refractivity contribution < 1.29 is 309 Å². The Morgan fingerprint density at radius 1 is 0.313 bits per heavy atom. The molecule has 768 valence electrons. The molecule has 0 saturated carbocycles. The van der Waals surface area contributed by atoms with Gasteiger partial charge in [0.05, 0.1) is 63.5 Å². The molecule has 0 aliphatic heterocycles. The first-order chi connectivity index (χ1) is 66.9. The van der Waals surface area contributed by atoms with Gasteiger partial charge < -0.3 is 50.7 Å². The quantitative estimate of drug-likeness (QED) is 0.0107. The van der Waals surface area contributed by atoms with Crippen molar-refractivity contribution in [1.29, 1.82) is 0 Å². The molecule has 0 aliphatic carbocycles. The summed E-state index contributed by atoms with van der Waals surface area (Å²) in [7, 11) is -25.4. The van der Waals surface area contributed by atoms with Crippen molar-refractivity contribution in [2.45, 2.75) is 106 Å². The van der Waals surface area contributed by atoms with E-state index in [1.807, 2.05) is 13.8 Å². The number of hydrogen-bond donors (Lipinski definition) is 10. The van der Waals surface area contributed by atoms with E-state index in [0.29, 0.717) is 66.3 Å². The fraction of sp³-hybridized carbons (Fsp3) is 0.198. The van der Waals surface area contributed by atoms with Crippen LogP contribution in [0.1, 0.15) is 65.3 Å². The number of nitrogens with one attached hydrogen (secondary N) is 6. The number of aryl methyl sites for hydroxylation is 8. The summed E-state index contributed by atoms with van der Waals surface area (Å²) in [5.74, 6) is -3.06. The summed E-state index contributed by atoms with van der Waals surface area (Å²) in [4.78, 5) is 33.2. The molecule has 12 rings (SSSR count). The van der Waals surface area contributed by atoms with E-state index in [-0.39, 0.29) is 232 Å². The number of hydrogen-bond acceptors (Lipinski definition) is 43. The van der Waals surface area contributed by atoms with Crippen LogP contribution in [0.2, 0.25) is 0 Å². The summed E-state index contributed by atoms with van der Waals surface area (Å²) < 4.78 is 257. The van der Waals surface area contributed by atoms with Crippen LogP contribution < -0.4 is 213 Å². The predicted octanol–water partition coefficient (Wildman–Crippen LogP) is -4.14. The summed E-state index contributed by atoms with van der Waals surface area (Å²) in [6.45, 7) is 18.3. The van der Waals surface area contributed by atoms with E-state index in [4.69, 9.17) is 43.6 Å². The summed E-state index contributed by atoms with van der Waals surface area (Å²) in [5.41, 5.74) is 14.3. The molecule has 0 bridgehead atoms. The molecule has 64 heteroatoms. The molecule has 3 amide bonds. The third kappa shape index (κ3) is 45.9. The number of nitrogens with two attached hydrogens (primary N) is 1. The number of carbonyl (C=O) groups is 3. The van der Waals surface area contributed by atoms with E-state index in [1.165, 1.54) is 90.4 Å². The average molecular weight is 2300 g/mol. The molecular weight excluding hydrogens is 2210 g/mol. The second-order valence-electron chi connectivity index (χ2n) is 28.8. The molecular formula is C86H89N19Na6O30S9. The Bertz CT molecular complexity index is 7450. The van der Waals surface area contributed by atoms with E-state index < -0.39 is 159 Å². The van der Waals surface area contributed by atoms with Gasteiger partial charge in [0.25, 0.3) is 0 Å². The third-order valence-electron chi connectivity index (χ3n) is 18.4. The molecule has 0 heterocycles. The first kappa shape index (κ1) is 145. The SMILES string of the molecule is CN=Nc1cc(C)c(N=Nc2c(S(=O)(=O)[O-])cc3c[c-]cc(NC(C)=O)c3c2O)cc1C.CN=Nc1cc(C)c(N=Nc2c(S(=O)(=O)[O-])cc3c[c-]cc(NC(C)=O)c3c2O)cc1C.CN=Nc1cc(C)c(N=Nc2c(S(=O)(=O)[O-])cc3c[c-]cc(NC(C)=O)c3c2O)cc1C.CNS(=O)(=O)c1ccc(C)cc1.CNS(=O)(=O)c1ccc(C)cc1.CNS(=O)(=O)c1ccc(N)cc1.O=S(=O)=O.O=S(=O)=O.O=S(=O)=O.[Na+].[Na+].[Na+].[Na+].[Na+].[Na+]. The topological polar surface area (TPSA) is 786 Å². The number of nitrogen functional groups attached to an aromatic ring is 1. The van der Waals surface area contributed by atoms with E-state index in [9.17, 15) is 93.9 Å². The number of rotatable bonds is 21. The minimum atomic E-state index is -5.01. The molecule has 11 N–H and O–H groups in total. The Morgan fingerprint density at radius 3 is 0.673 bits per heavy atom. The normalized spacial score (nSPS) is 11.0. The molecule has 150 heavy (non-hydrogen) atoms. The molecule has 0 aromatic heterocycles. The average Bonchev–Trinajstić information content (AvgIpc) is 0.764. The summed E-state index contributed by atoms with van der Waals surface area (Å²) in [5, 5.41) is 88.2. The van der Waals surface area contributed by atoms with Crippen LogP contribution in [0, 0.1) is 73.6 Å². The Hall–Kier alpha value is -9.05. The standard InChI is InChI=1S/3C21H20N5O5S.2C8H11NO2S.C7H10N2O2S.6Na.3O3S/c3*1-11-9-17(12(2)8-16(11)24-22-4)25-26-20-18(32(29,30)31)10-14-6-5-7-15(23-13(3)27)19(14)21(20)28;2*1-7-3-5-8(6-4-7)12(10,11)9-2;1-9-12(10,11)7-4-2-6(8)3-5-7;;;;;;;3*1-4(2)3/h3*6-10,28H,1-4H3,(H,23,27)(H,29,30,31);2*3-6,9H,1-2H3;2-5,9H,8H2,1H3;;;;;;;;;/q3*-1;;;;6*+1;;;/p-3. The Morgan fingerprint density at radius 2 is 0.500 bits per heavy atom. The number of benzene rings is 12. The number of azo groups is 6. The van der Waals surface area contributed by atoms with Crippen LogP contribution >= 0.6 is 0 Å². The number of nitrogens with zero attached hydrogens (tertiary/aromatic N) is 12. The van der Waals surface area contributed by atoms with Crippen molar-refractivity contribution >= 4 is 216 Å². The van der Waals surface area contributed by atoms with Gasteiger partial charge in [-0.2, -0.15) is 101 Å². The van der Waals surface area contributed by atoms with Gasteiger partial charge >= 0.3 is 209 Å². The summed E-state index contributed by atoms with van der Waals surface area (Å²) >= 11 is 0. The monoisotopic (exact) mass is 2290 g/mol. The molecule has 0 aliphatic rings. The number of carbonyl (C=O) groups excluding carboxylic acids is 3. The number of phenolic OH excluding ortho intramolecular Hbond substituents is 3. The first-order valence-corrected chi connectivity index (χ1v) is 51.5. The molecule has 0 saturated heterocycles. The molecule has 12 aromatic rings. The number of sulfonamides is 3. The molecule has 0 atom stereocenters.